The molecule has 7 aromatic carbocycles. The fourth-order valence-electron chi connectivity index (χ4n) is 11.7. The van der Waals surface area contributed by atoms with Crippen LogP contribution in [0.4, 0.5) is 22.7 Å². The summed E-state index contributed by atoms with van der Waals surface area (Å²) in [6.45, 7) is 4.50. The van der Waals surface area contributed by atoms with Gasteiger partial charge in [-0.1, -0.05) is 134 Å². The van der Waals surface area contributed by atoms with Gasteiger partial charge in [0.2, 0.25) is 0 Å². The van der Waals surface area contributed by atoms with Gasteiger partial charge in [-0.15, -0.1) is 0 Å². The normalized spacial score (nSPS) is 21.7. The SMILES string of the molecule is Cc1ccc2c(c1)CC1CCCCC1N2c1ccc2c(-c3ccccc3)c3cc(N4c5ccc(C)cc5CC5CCCCC54)ccc3c(-c3ccccc3)c2c1. The van der Waals surface area contributed by atoms with Crippen LogP contribution in [-0.2, 0) is 12.8 Å². The molecule has 2 fully saturated rings. The van der Waals surface area contributed by atoms with Crippen LogP contribution in [0.5, 0.6) is 0 Å². The van der Waals surface area contributed by atoms with Crippen molar-refractivity contribution in [2.75, 3.05) is 9.80 Å². The number of aryl methyl sites for hydroxylation is 2. The maximum Gasteiger partial charge on any atom is 0.0446 e. The van der Waals surface area contributed by atoms with E-state index in [4.69, 9.17) is 0 Å². The summed E-state index contributed by atoms with van der Waals surface area (Å²) in [5, 5.41) is 5.33. The fraction of sp³-hybridized carbons (Fsp3) is 0.296. The van der Waals surface area contributed by atoms with Crippen molar-refractivity contribution < 1.29 is 0 Å². The monoisotopic (exact) mass is 728 g/mol. The molecule has 0 aromatic heterocycles. The molecule has 0 saturated heterocycles. The Hall–Kier alpha value is -5.34. The van der Waals surface area contributed by atoms with Gasteiger partial charge in [0.25, 0.3) is 0 Å². The summed E-state index contributed by atoms with van der Waals surface area (Å²) < 4.78 is 0. The number of hydrogen-bond acceptors (Lipinski definition) is 2. The van der Waals surface area contributed by atoms with Gasteiger partial charge in [-0.05, 0) is 156 Å². The predicted molar refractivity (Wildman–Crippen MR) is 238 cm³/mol. The summed E-state index contributed by atoms with van der Waals surface area (Å²) in [4.78, 5) is 5.50. The van der Waals surface area contributed by atoms with E-state index in [1.54, 1.807) is 0 Å². The van der Waals surface area contributed by atoms with Crippen molar-refractivity contribution in [3.05, 3.63) is 156 Å². The van der Waals surface area contributed by atoms with Gasteiger partial charge in [-0.2, -0.15) is 0 Å². The zero-order valence-corrected chi connectivity index (χ0v) is 33.0. The van der Waals surface area contributed by atoms with E-state index in [0.29, 0.717) is 23.9 Å². The van der Waals surface area contributed by atoms with E-state index in [9.17, 15) is 0 Å². The molecule has 2 heteroatoms. The largest absolute Gasteiger partial charge is 0.338 e. The molecule has 2 saturated carbocycles. The highest BCUT2D eigenvalue weighted by Gasteiger charge is 2.38. The van der Waals surface area contributed by atoms with Gasteiger partial charge in [0.15, 0.2) is 0 Å². The van der Waals surface area contributed by atoms with Crippen LogP contribution in [-0.4, -0.2) is 12.1 Å². The summed E-state index contributed by atoms with van der Waals surface area (Å²) in [5.74, 6) is 1.40. The quantitative estimate of drug-likeness (QED) is 0.167. The lowest BCUT2D eigenvalue weighted by Gasteiger charge is -2.46. The summed E-state index contributed by atoms with van der Waals surface area (Å²) in [6.07, 6.45) is 12.9. The Balaban J connectivity index is 1.18. The number of fused-ring (bicyclic) bond motifs is 6. The third kappa shape index (κ3) is 5.59. The van der Waals surface area contributed by atoms with E-state index < -0.39 is 0 Å². The van der Waals surface area contributed by atoms with Crippen LogP contribution in [0, 0.1) is 25.7 Å². The number of anilines is 4. The molecule has 0 amide bonds. The summed E-state index contributed by atoms with van der Waals surface area (Å²) in [7, 11) is 0. The van der Waals surface area contributed by atoms with Crippen LogP contribution in [0.2, 0.25) is 0 Å². The van der Waals surface area contributed by atoms with Gasteiger partial charge >= 0.3 is 0 Å². The molecule has 2 aliphatic heterocycles. The van der Waals surface area contributed by atoms with Crippen molar-refractivity contribution in [2.45, 2.75) is 90.1 Å². The van der Waals surface area contributed by atoms with Crippen molar-refractivity contribution >= 4 is 44.3 Å². The Bertz CT molecular complexity index is 2420. The van der Waals surface area contributed by atoms with E-state index in [1.165, 1.54) is 153 Å². The molecule has 0 spiro atoms. The highest BCUT2D eigenvalue weighted by Crippen LogP contribution is 2.51. The molecule has 56 heavy (non-hydrogen) atoms. The highest BCUT2D eigenvalue weighted by atomic mass is 15.2. The first-order chi connectivity index (χ1) is 27.6. The first-order valence-corrected chi connectivity index (χ1v) is 21.5. The summed E-state index contributed by atoms with van der Waals surface area (Å²) in [6, 6.07) is 52.9. The van der Waals surface area contributed by atoms with Crippen molar-refractivity contribution in [1.29, 1.82) is 0 Å². The van der Waals surface area contributed by atoms with Crippen LogP contribution in [0.1, 0.15) is 73.6 Å². The third-order valence-electron chi connectivity index (χ3n) is 14.1. The molecule has 2 heterocycles. The maximum atomic E-state index is 2.75. The Morgan fingerprint density at radius 2 is 0.839 bits per heavy atom. The molecule has 0 bridgehead atoms. The fourth-order valence-corrected chi connectivity index (χ4v) is 11.7. The summed E-state index contributed by atoms with van der Waals surface area (Å²) >= 11 is 0. The molecule has 2 aliphatic carbocycles. The van der Waals surface area contributed by atoms with E-state index in [1.807, 2.05) is 0 Å². The Morgan fingerprint density at radius 3 is 1.29 bits per heavy atom. The van der Waals surface area contributed by atoms with Crippen LogP contribution >= 0.6 is 0 Å². The maximum absolute atomic E-state index is 2.75. The Morgan fingerprint density at radius 1 is 0.411 bits per heavy atom. The zero-order valence-electron chi connectivity index (χ0n) is 33.0. The van der Waals surface area contributed by atoms with E-state index in [-0.39, 0.29) is 0 Å². The average molecular weight is 729 g/mol. The second-order valence-corrected chi connectivity index (χ2v) is 17.6. The summed E-state index contributed by atoms with van der Waals surface area (Å²) in [5.41, 5.74) is 16.5. The molecule has 4 aliphatic rings. The van der Waals surface area contributed by atoms with Crippen LogP contribution in [0.15, 0.2) is 133 Å². The minimum atomic E-state index is 0.535. The van der Waals surface area contributed by atoms with Crippen LogP contribution in [0.25, 0.3) is 43.8 Å². The zero-order chi connectivity index (χ0) is 37.3. The van der Waals surface area contributed by atoms with Gasteiger partial charge in [0.05, 0.1) is 0 Å². The number of nitrogens with zero attached hydrogens (tertiary/aromatic N) is 2. The van der Waals surface area contributed by atoms with Gasteiger partial charge in [-0.25, -0.2) is 0 Å². The molecule has 4 atom stereocenters. The molecule has 0 N–H and O–H groups in total. The molecule has 2 nitrogen and oxygen atoms in total. The standard InChI is InChI=1S/C54H52N2/c1-35-21-27-51-41(29-35)31-39-17-9-11-19-49(39)55(51)43-23-25-45-47(33-43)53(37-13-5-3-6-14-37)46-26-24-44(34-48(46)54(45)38-15-7-4-8-16-38)56-50-20-12-10-18-40(50)32-42-30-36(2)22-28-52(42)56/h3-8,13-16,21-30,33-34,39-40,49-50H,9-12,17-20,31-32H2,1-2H3. The molecular formula is C54H52N2. The molecular weight excluding hydrogens is 677 g/mol. The number of rotatable bonds is 4. The van der Waals surface area contributed by atoms with Crippen molar-refractivity contribution in [3.8, 4) is 22.3 Å². The second kappa shape index (κ2) is 13.7. The molecule has 7 aromatic rings. The second-order valence-electron chi connectivity index (χ2n) is 17.6. The topological polar surface area (TPSA) is 6.48 Å². The first-order valence-electron chi connectivity index (χ1n) is 21.5. The van der Waals surface area contributed by atoms with Crippen molar-refractivity contribution in [2.24, 2.45) is 11.8 Å². The predicted octanol–water partition coefficient (Wildman–Crippen LogP) is 14.4. The smallest absolute Gasteiger partial charge is 0.0446 e. The molecule has 0 radical (unpaired) electrons. The van der Waals surface area contributed by atoms with E-state index >= 15 is 0 Å². The molecule has 4 unspecified atom stereocenters. The van der Waals surface area contributed by atoms with Crippen LogP contribution < -0.4 is 9.80 Å². The molecule has 278 valence electrons. The lowest BCUT2D eigenvalue weighted by molar-refractivity contribution is 0.293. The van der Waals surface area contributed by atoms with Crippen molar-refractivity contribution in [3.63, 3.8) is 0 Å². The van der Waals surface area contributed by atoms with Gasteiger partial charge in [0, 0.05) is 34.8 Å². The molecule has 11 rings (SSSR count). The van der Waals surface area contributed by atoms with E-state index in [0.717, 1.165) is 0 Å². The van der Waals surface area contributed by atoms with Gasteiger partial charge in [0.1, 0.15) is 0 Å². The van der Waals surface area contributed by atoms with E-state index in [2.05, 4.69) is 157 Å². The third-order valence-corrected chi connectivity index (χ3v) is 14.1. The number of hydrogen-bond donors (Lipinski definition) is 0. The van der Waals surface area contributed by atoms with Crippen LogP contribution in [0.3, 0.4) is 0 Å². The minimum absolute atomic E-state index is 0.535. The highest BCUT2D eigenvalue weighted by molar-refractivity contribution is 6.22. The average Bonchev–Trinajstić information content (AvgIpc) is 3.24. The van der Waals surface area contributed by atoms with Crippen molar-refractivity contribution in [1.82, 2.24) is 0 Å². The van der Waals surface area contributed by atoms with Gasteiger partial charge < -0.3 is 9.80 Å². The van der Waals surface area contributed by atoms with Gasteiger partial charge in [-0.3, -0.25) is 0 Å². The lowest BCUT2D eigenvalue weighted by atomic mass is 9.75. The lowest BCUT2D eigenvalue weighted by Crippen LogP contribution is -2.44. The first kappa shape index (κ1) is 34.0. The Labute approximate surface area is 332 Å². The Kier molecular flexibility index (Phi) is 8.30. The minimum Gasteiger partial charge on any atom is -0.338 e. The number of benzene rings is 7.